The Morgan fingerprint density at radius 2 is 1.45 bits per heavy atom. The number of carboxylic acids is 1. The van der Waals surface area contributed by atoms with Gasteiger partial charge in [0.1, 0.15) is 5.56 Å². The van der Waals surface area contributed by atoms with Gasteiger partial charge < -0.3 is 9.67 Å². The molecule has 0 bridgehead atoms. The Bertz CT molecular complexity index is 1200. The number of aromatic carboxylic acids is 1. The zero-order valence-electron chi connectivity index (χ0n) is 15.4. The van der Waals surface area contributed by atoms with Crippen molar-refractivity contribution in [3.63, 3.8) is 0 Å². The summed E-state index contributed by atoms with van der Waals surface area (Å²) in [6.07, 6.45) is 0. The SMILES string of the molecule is CCn1c(C)c(-c2ccc(Cl)c(Cl)c2)c(=O)c(C(=O)O)c1-c1ccc(Cl)c(Cl)c1. The molecule has 8 heteroatoms. The summed E-state index contributed by atoms with van der Waals surface area (Å²) in [6, 6.07) is 9.52. The minimum absolute atomic E-state index is 0.256. The predicted octanol–water partition coefficient (Wildman–Crippen LogP) is 6.82. The molecule has 0 saturated carbocycles. The monoisotopic (exact) mass is 469 g/mol. The fraction of sp³-hybridized carbons (Fsp3) is 0.143. The van der Waals surface area contributed by atoms with E-state index in [1.807, 2.05) is 6.92 Å². The van der Waals surface area contributed by atoms with Crippen molar-refractivity contribution in [1.82, 2.24) is 4.57 Å². The van der Waals surface area contributed by atoms with Crippen LogP contribution in [0.1, 0.15) is 23.0 Å². The fourth-order valence-corrected chi connectivity index (χ4v) is 3.96. The number of rotatable bonds is 4. The topological polar surface area (TPSA) is 59.3 Å². The summed E-state index contributed by atoms with van der Waals surface area (Å²) < 4.78 is 1.77. The second kappa shape index (κ2) is 8.41. The van der Waals surface area contributed by atoms with Crippen LogP contribution in [0.3, 0.4) is 0 Å². The molecule has 3 rings (SSSR count). The standard InChI is InChI=1S/C21H15Cl4NO3/c1-3-26-10(2)17(11-4-6-13(22)15(24)8-11)20(27)18(21(28)29)19(26)12-5-7-14(23)16(25)9-12/h4-9H,3H2,1-2H3,(H,28,29). The lowest BCUT2D eigenvalue weighted by atomic mass is 9.96. The van der Waals surface area contributed by atoms with Crippen LogP contribution in [0.4, 0.5) is 0 Å². The second-order valence-corrected chi connectivity index (χ2v) is 7.95. The number of carboxylic acid groups (broad SMARTS) is 1. The maximum atomic E-state index is 13.3. The molecule has 0 saturated heterocycles. The average molecular weight is 471 g/mol. The van der Waals surface area contributed by atoms with Gasteiger partial charge in [-0.2, -0.15) is 0 Å². The maximum Gasteiger partial charge on any atom is 0.341 e. The second-order valence-electron chi connectivity index (χ2n) is 6.32. The van der Waals surface area contributed by atoms with Crippen LogP contribution in [0.2, 0.25) is 20.1 Å². The van der Waals surface area contributed by atoms with Gasteiger partial charge in [-0.3, -0.25) is 4.79 Å². The van der Waals surface area contributed by atoms with Crippen LogP contribution in [0, 0.1) is 6.92 Å². The summed E-state index contributed by atoms with van der Waals surface area (Å²) in [4.78, 5) is 25.4. The van der Waals surface area contributed by atoms with Gasteiger partial charge in [0.05, 0.1) is 25.8 Å². The summed E-state index contributed by atoms with van der Waals surface area (Å²) in [6.45, 7) is 4.05. The highest BCUT2D eigenvalue weighted by Crippen LogP contribution is 2.34. The number of halogens is 4. The first kappa shape index (κ1) is 21.7. The van der Waals surface area contributed by atoms with E-state index < -0.39 is 11.4 Å². The molecular formula is C21H15Cl4NO3. The largest absolute Gasteiger partial charge is 0.477 e. The van der Waals surface area contributed by atoms with Crippen molar-refractivity contribution in [2.45, 2.75) is 20.4 Å². The lowest BCUT2D eigenvalue weighted by Crippen LogP contribution is -2.25. The first-order valence-corrected chi connectivity index (χ1v) is 10.1. The maximum absolute atomic E-state index is 13.3. The molecule has 4 nitrogen and oxygen atoms in total. The summed E-state index contributed by atoms with van der Waals surface area (Å²) in [7, 11) is 0. The van der Waals surface area contributed by atoms with Gasteiger partial charge in [0.15, 0.2) is 0 Å². The minimum atomic E-state index is -1.33. The molecule has 150 valence electrons. The van der Waals surface area contributed by atoms with E-state index in [0.29, 0.717) is 33.4 Å². The molecule has 0 aliphatic rings. The molecule has 0 aliphatic heterocycles. The lowest BCUT2D eigenvalue weighted by Gasteiger charge is -2.21. The number of aromatic nitrogens is 1. The summed E-state index contributed by atoms with van der Waals surface area (Å²) in [5, 5.41) is 11.1. The van der Waals surface area contributed by atoms with E-state index in [0.717, 1.165) is 0 Å². The van der Waals surface area contributed by atoms with E-state index in [2.05, 4.69) is 0 Å². The molecule has 2 aromatic carbocycles. The van der Waals surface area contributed by atoms with Crippen molar-refractivity contribution in [2.75, 3.05) is 0 Å². The third kappa shape index (κ3) is 3.90. The molecule has 0 radical (unpaired) electrons. The molecule has 0 unspecified atom stereocenters. The lowest BCUT2D eigenvalue weighted by molar-refractivity contribution is 0.0695. The summed E-state index contributed by atoms with van der Waals surface area (Å²) in [5.74, 6) is -1.33. The van der Waals surface area contributed by atoms with E-state index in [1.54, 1.807) is 47.9 Å². The van der Waals surface area contributed by atoms with Gasteiger partial charge >= 0.3 is 5.97 Å². The number of pyridine rings is 1. The van der Waals surface area contributed by atoms with Crippen LogP contribution in [0.5, 0.6) is 0 Å². The highest BCUT2D eigenvalue weighted by molar-refractivity contribution is 6.42. The summed E-state index contributed by atoms with van der Waals surface area (Å²) in [5.41, 5.74) is 1.14. The van der Waals surface area contributed by atoms with Crippen molar-refractivity contribution < 1.29 is 9.90 Å². The number of hydrogen-bond donors (Lipinski definition) is 1. The molecule has 0 aliphatic carbocycles. The molecular weight excluding hydrogens is 456 g/mol. The molecule has 0 atom stereocenters. The Kier molecular flexibility index (Phi) is 6.30. The van der Waals surface area contributed by atoms with E-state index in [-0.39, 0.29) is 26.9 Å². The zero-order chi connectivity index (χ0) is 21.5. The van der Waals surface area contributed by atoms with Gasteiger partial charge in [0, 0.05) is 23.4 Å². The Morgan fingerprint density at radius 3 is 1.93 bits per heavy atom. The molecule has 0 spiro atoms. The van der Waals surface area contributed by atoms with Crippen molar-refractivity contribution in [3.8, 4) is 22.4 Å². The molecule has 1 heterocycles. The van der Waals surface area contributed by atoms with Crippen LogP contribution in [-0.2, 0) is 6.54 Å². The van der Waals surface area contributed by atoms with E-state index in [4.69, 9.17) is 46.4 Å². The van der Waals surface area contributed by atoms with E-state index >= 15 is 0 Å². The van der Waals surface area contributed by atoms with E-state index in [1.165, 1.54) is 0 Å². The summed E-state index contributed by atoms with van der Waals surface area (Å²) >= 11 is 24.2. The van der Waals surface area contributed by atoms with Crippen LogP contribution in [0.15, 0.2) is 41.2 Å². The van der Waals surface area contributed by atoms with Gasteiger partial charge in [-0.15, -0.1) is 0 Å². The predicted molar refractivity (Wildman–Crippen MR) is 119 cm³/mol. The first-order valence-electron chi connectivity index (χ1n) is 8.58. The Balaban J connectivity index is 2.45. The normalized spacial score (nSPS) is 11.0. The highest BCUT2D eigenvalue weighted by Gasteiger charge is 2.26. The van der Waals surface area contributed by atoms with Gasteiger partial charge in [-0.05, 0) is 43.7 Å². The molecule has 0 fully saturated rings. The Morgan fingerprint density at radius 1 is 0.931 bits per heavy atom. The third-order valence-corrected chi connectivity index (χ3v) is 6.14. The van der Waals surface area contributed by atoms with Crippen LogP contribution >= 0.6 is 46.4 Å². The van der Waals surface area contributed by atoms with Gasteiger partial charge in [0.2, 0.25) is 5.43 Å². The average Bonchev–Trinajstić information content (AvgIpc) is 2.66. The molecule has 3 aromatic rings. The fourth-order valence-electron chi connectivity index (χ4n) is 3.36. The third-order valence-electron chi connectivity index (χ3n) is 4.66. The van der Waals surface area contributed by atoms with E-state index in [9.17, 15) is 14.7 Å². The zero-order valence-corrected chi connectivity index (χ0v) is 18.4. The molecule has 1 aromatic heterocycles. The van der Waals surface area contributed by atoms with Crippen molar-refractivity contribution in [2.24, 2.45) is 0 Å². The van der Waals surface area contributed by atoms with Crippen molar-refractivity contribution in [3.05, 3.63) is 78.0 Å². The number of hydrogen-bond acceptors (Lipinski definition) is 2. The smallest absolute Gasteiger partial charge is 0.341 e. The van der Waals surface area contributed by atoms with Crippen LogP contribution in [-0.4, -0.2) is 15.6 Å². The molecule has 0 amide bonds. The quantitative estimate of drug-likeness (QED) is 0.454. The number of carbonyl (C=O) groups is 1. The molecule has 29 heavy (non-hydrogen) atoms. The van der Waals surface area contributed by atoms with Crippen molar-refractivity contribution >= 4 is 52.4 Å². The number of nitrogens with zero attached hydrogens (tertiary/aromatic N) is 1. The van der Waals surface area contributed by atoms with Crippen LogP contribution < -0.4 is 5.43 Å². The van der Waals surface area contributed by atoms with Gasteiger partial charge in [0.25, 0.3) is 0 Å². The van der Waals surface area contributed by atoms with Crippen LogP contribution in [0.25, 0.3) is 22.4 Å². The Hall–Kier alpha value is -1.98. The first-order chi connectivity index (χ1) is 13.7. The minimum Gasteiger partial charge on any atom is -0.477 e. The van der Waals surface area contributed by atoms with Gasteiger partial charge in [-0.1, -0.05) is 58.5 Å². The van der Waals surface area contributed by atoms with Gasteiger partial charge in [-0.25, -0.2) is 4.79 Å². The molecule has 1 N–H and O–H groups in total. The highest BCUT2D eigenvalue weighted by atomic mass is 35.5. The number of benzene rings is 2. The van der Waals surface area contributed by atoms with Crippen molar-refractivity contribution in [1.29, 1.82) is 0 Å². The Labute approximate surface area is 187 Å².